The van der Waals surface area contributed by atoms with Gasteiger partial charge in [-0.3, -0.25) is 15.0 Å². The molecule has 0 unspecified atom stereocenters. The van der Waals surface area contributed by atoms with Crippen molar-refractivity contribution in [2.45, 2.75) is 27.7 Å². The van der Waals surface area contributed by atoms with Crippen LogP contribution in [0, 0.1) is 27.7 Å². The predicted molar refractivity (Wildman–Crippen MR) is 148 cm³/mol. The molecule has 0 saturated carbocycles. The fourth-order valence-electron chi connectivity index (χ4n) is 2.04. The van der Waals surface area contributed by atoms with Gasteiger partial charge in [0.25, 0.3) is 0 Å². The minimum atomic E-state index is -0.162. The van der Waals surface area contributed by atoms with Crippen LogP contribution in [-0.4, -0.2) is 15.2 Å². The quantitative estimate of drug-likeness (QED) is 0.159. The average Bonchev–Trinajstić information content (AvgIpc) is 2.78. The summed E-state index contributed by atoms with van der Waals surface area (Å²) in [5.74, 6) is 0. The molecule has 0 saturated heterocycles. The van der Waals surface area contributed by atoms with Crippen LogP contribution in [0.1, 0.15) is 22.8 Å². The van der Waals surface area contributed by atoms with E-state index in [1.165, 1.54) is 12.1 Å². The third kappa shape index (κ3) is 22.2. The Hall–Kier alpha value is -0.706. The molecule has 0 fully saturated rings. The van der Waals surface area contributed by atoms with Crippen LogP contribution in [0.5, 0.6) is 0 Å². The second-order valence-corrected chi connectivity index (χ2v) is 22.8. The topological polar surface area (TPSA) is 101 Å². The Balaban J connectivity index is 0. The fraction of sp³-hybridized carbons (Fsp3) is 0.167. The molecule has 0 aliphatic carbocycles. The standard InChI is InChI=1S/C6H8NO.2C6H7NO.C6H7N.I3.Y/c1-6-4-2-3-5-7(6)8;2*1-5-3-2-4-6(8)7-5;1-6-4-2-3-5-7-6;1-3-2;/h2-5,8H,1H3;2*2-4H,1H3,(H,7,8);2-5H,1H3;;/q+1;;;;-1;/p-1. The monoisotopic (exact) mass is 890 g/mol. The number of aromatic amines is 1. The number of hydrogen-bond acceptors (Lipinski definition) is 4. The molecule has 0 aliphatic rings. The summed E-state index contributed by atoms with van der Waals surface area (Å²) in [5, 5.41) is 8.84. The number of aryl methyl sites for hydroxylation is 4. The summed E-state index contributed by atoms with van der Waals surface area (Å²) in [6, 6.07) is 21.3. The molecule has 4 aromatic heterocycles. The Morgan fingerprint density at radius 2 is 1.51 bits per heavy atom. The number of nitrogens with zero attached hydrogens (tertiary/aromatic N) is 3. The summed E-state index contributed by atoms with van der Waals surface area (Å²) in [7, 11) is 0. The van der Waals surface area contributed by atoms with E-state index in [4.69, 9.17) is 5.21 Å². The zero-order chi connectivity index (χ0) is 25.8. The predicted octanol–water partition coefficient (Wildman–Crippen LogP) is 1.68. The van der Waals surface area contributed by atoms with Crippen molar-refractivity contribution in [2.75, 3.05) is 0 Å². The molecular weight excluding hydrogens is 862 g/mol. The summed E-state index contributed by atoms with van der Waals surface area (Å²) in [5.41, 5.74) is 3.39. The molecule has 0 bridgehead atoms. The Morgan fingerprint density at radius 1 is 0.886 bits per heavy atom. The van der Waals surface area contributed by atoms with Crippen LogP contribution in [0.2, 0.25) is 0 Å². The van der Waals surface area contributed by atoms with Crippen LogP contribution in [0.25, 0.3) is 0 Å². The molecule has 2 N–H and O–H groups in total. The van der Waals surface area contributed by atoms with Gasteiger partial charge in [0, 0.05) is 80.1 Å². The second-order valence-electron chi connectivity index (χ2n) is 6.53. The second kappa shape index (κ2) is 23.7. The van der Waals surface area contributed by atoms with E-state index in [-0.39, 0.29) is 43.8 Å². The fourth-order valence-corrected chi connectivity index (χ4v) is 2.04. The molecule has 11 heteroatoms. The summed E-state index contributed by atoms with van der Waals surface area (Å²) < 4.78 is 1.08. The maximum atomic E-state index is 10.4. The molecule has 4 rings (SSSR count). The van der Waals surface area contributed by atoms with Gasteiger partial charge >= 0.3 is 50.5 Å². The van der Waals surface area contributed by atoms with E-state index in [2.05, 4.69) is 52.2 Å². The van der Waals surface area contributed by atoms with Gasteiger partial charge in [0.15, 0.2) is 0 Å². The van der Waals surface area contributed by atoms with E-state index in [0.29, 0.717) is 13.3 Å². The summed E-state index contributed by atoms with van der Waals surface area (Å²) >= 11 is 5.30. The Bertz CT molecular complexity index is 1100. The first-order valence-electron chi connectivity index (χ1n) is 9.87. The molecule has 0 amide bonds. The van der Waals surface area contributed by atoms with Crippen molar-refractivity contribution < 1.29 is 55.9 Å². The first-order chi connectivity index (χ1) is 16.2. The van der Waals surface area contributed by atoms with E-state index < -0.39 is 0 Å². The van der Waals surface area contributed by atoms with Gasteiger partial charge in [-0.2, -0.15) is 5.69 Å². The zero-order valence-corrected chi connectivity index (χ0v) is 29.2. The van der Waals surface area contributed by atoms with Crippen molar-refractivity contribution in [1.29, 1.82) is 0 Å². The van der Waals surface area contributed by atoms with Gasteiger partial charge in [-0.05, 0) is 44.2 Å². The Kier molecular flexibility index (Phi) is 24.7. The number of hydrogen-bond donors (Lipinski definition) is 2. The molecule has 0 aliphatic heterocycles. The van der Waals surface area contributed by atoms with Gasteiger partial charge in [0.1, 0.15) is 0 Å². The van der Waals surface area contributed by atoms with Gasteiger partial charge < -0.3 is 14.8 Å². The molecular formula is C24H28I3N4O3Y-. The third-order valence-corrected chi connectivity index (χ3v) is 3.63. The molecule has 0 spiro atoms. The van der Waals surface area contributed by atoms with E-state index >= 15 is 0 Å². The normalized spacial score (nSPS) is 8.63. The number of H-pyrrole nitrogens is 1. The number of halogens is 3. The van der Waals surface area contributed by atoms with Crippen LogP contribution < -0.4 is 34.1 Å². The number of aromatic nitrogens is 4. The van der Waals surface area contributed by atoms with Crippen molar-refractivity contribution >= 4 is 37.2 Å². The smallest absolute Gasteiger partial charge is 0 e. The molecule has 35 heavy (non-hydrogen) atoms. The third-order valence-electron chi connectivity index (χ3n) is 3.63. The van der Waals surface area contributed by atoms with Crippen molar-refractivity contribution in [3.8, 4) is 0 Å². The van der Waals surface area contributed by atoms with E-state index in [0.717, 1.165) is 27.5 Å². The molecule has 0 aromatic carbocycles. The van der Waals surface area contributed by atoms with Gasteiger partial charge in [-0.25, -0.2) is 0 Å². The van der Waals surface area contributed by atoms with Crippen molar-refractivity contribution in [2.24, 2.45) is 0 Å². The number of pyridine rings is 4. The molecule has 7 nitrogen and oxygen atoms in total. The summed E-state index contributed by atoms with van der Waals surface area (Å²) in [4.78, 5) is 31.0. The number of rotatable bonds is 0. The van der Waals surface area contributed by atoms with Gasteiger partial charge in [-0.15, -0.1) is 0 Å². The summed E-state index contributed by atoms with van der Waals surface area (Å²) in [6.07, 6.45) is 3.38. The Labute approximate surface area is 261 Å². The number of nitrogens with one attached hydrogen (secondary N) is 1. The largest absolute Gasteiger partial charge is 0 e. The van der Waals surface area contributed by atoms with Crippen molar-refractivity contribution in [3.05, 3.63) is 129 Å². The van der Waals surface area contributed by atoms with E-state index in [1.807, 2.05) is 57.2 Å². The maximum Gasteiger partial charge on any atom is 0 e. The zero-order valence-electron chi connectivity index (χ0n) is 19.9. The van der Waals surface area contributed by atoms with Crippen LogP contribution in [0.15, 0.2) is 94.8 Å². The van der Waals surface area contributed by atoms with Crippen molar-refractivity contribution in [1.82, 2.24) is 15.0 Å². The van der Waals surface area contributed by atoms with Gasteiger partial charge in [0.2, 0.25) is 17.5 Å². The molecule has 4 heterocycles. The molecule has 4 aromatic rings. The minimum absolute atomic E-state index is 0. The first-order valence-corrected chi connectivity index (χ1v) is 22.4. The maximum absolute atomic E-state index is 10.4. The van der Waals surface area contributed by atoms with Crippen LogP contribution in [-0.2, 0) is 32.7 Å². The van der Waals surface area contributed by atoms with Crippen LogP contribution >= 0.6 is 37.2 Å². The van der Waals surface area contributed by atoms with Crippen LogP contribution in [0.3, 0.4) is 0 Å². The minimum Gasteiger partial charge on any atom is 0 e. The first kappa shape index (κ1) is 36.5. The molecule has 187 valence electrons. The van der Waals surface area contributed by atoms with Crippen molar-refractivity contribution in [3.63, 3.8) is 0 Å². The van der Waals surface area contributed by atoms with Gasteiger partial charge in [-0.1, -0.05) is 31.2 Å². The molecule has 0 atom stereocenters. The van der Waals surface area contributed by atoms with E-state index in [1.54, 1.807) is 43.6 Å². The van der Waals surface area contributed by atoms with Gasteiger partial charge in [0.05, 0.1) is 5.56 Å². The SMILES string of the molecule is Cc1cccc(=O)[n-]1.Cc1cccc(=O)[nH]1.Cc1cccc[n+]1O.Cc1ccccn1.I[I-]I.[Y]. The summed E-state index contributed by atoms with van der Waals surface area (Å²) in [6.45, 7) is 7.45. The Morgan fingerprint density at radius 3 is 1.83 bits per heavy atom. The molecule has 1 radical (unpaired) electrons. The average molecular weight is 890 g/mol. The van der Waals surface area contributed by atoms with Crippen LogP contribution in [0.4, 0.5) is 0 Å². The van der Waals surface area contributed by atoms with E-state index in [9.17, 15) is 9.59 Å².